The predicted octanol–water partition coefficient (Wildman–Crippen LogP) is 4.58. The lowest BCUT2D eigenvalue weighted by molar-refractivity contribution is 0.309. The van der Waals surface area contributed by atoms with Crippen LogP contribution in [-0.2, 0) is 11.8 Å². The van der Waals surface area contributed by atoms with Crippen LogP contribution in [0.3, 0.4) is 0 Å². The molecule has 2 aromatic rings. The van der Waals surface area contributed by atoms with Crippen LogP contribution in [0.25, 0.3) is 0 Å². The summed E-state index contributed by atoms with van der Waals surface area (Å²) < 4.78 is 0. The quantitative estimate of drug-likeness (QED) is 0.812. The number of hydrogen-bond donors (Lipinski definition) is 1. The van der Waals surface area contributed by atoms with Gasteiger partial charge in [0.15, 0.2) is 0 Å². The third-order valence-corrected chi connectivity index (χ3v) is 5.82. The number of phenols is 1. The molecule has 4 rings (SSSR count). The summed E-state index contributed by atoms with van der Waals surface area (Å²) in [5, 5.41) is 9.95. The summed E-state index contributed by atoms with van der Waals surface area (Å²) in [6.45, 7) is 3.37. The van der Waals surface area contributed by atoms with E-state index < -0.39 is 0 Å². The highest BCUT2D eigenvalue weighted by Crippen LogP contribution is 2.47. The molecule has 1 heterocycles. The second-order valence-corrected chi connectivity index (χ2v) is 7.29. The van der Waals surface area contributed by atoms with Crippen LogP contribution >= 0.6 is 12.4 Å². The Kier molecular flexibility index (Phi) is 5.51. The van der Waals surface area contributed by atoms with Gasteiger partial charge in [0, 0.05) is 25.0 Å². The molecule has 132 valence electrons. The van der Waals surface area contributed by atoms with Gasteiger partial charge in [-0.15, -0.1) is 12.4 Å². The van der Waals surface area contributed by atoms with Crippen molar-refractivity contribution in [1.29, 1.82) is 0 Å². The average molecular weight is 356 g/mol. The summed E-state index contributed by atoms with van der Waals surface area (Å²) in [5.41, 5.74) is 2.89. The number of halogens is 1. The Morgan fingerprint density at radius 3 is 2.68 bits per heavy atom. The topological polar surface area (TPSA) is 23.5 Å². The van der Waals surface area contributed by atoms with Crippen molar-refractivity contribution in [2.75, 3.05) is 19.6 Å². The Hall–Kier alpha value is -1.77. The van der Waals surface area contributed by atoms with E-state index in [0.29, 0.717) is 11.7 Å². The third-order valence-electron chi connectivity index (χ3n) is 5.82. The minimum absolute atomic E-state index is 0. The Labute approximate surface area is 156 Å². The van der Waals surface area contributed by atoms with Crippen LogP contribution in [0.1, 0.15) is 24.0 Å². The number of phenolic OH excluding ortho intramolecular Hbond substituents is 1. The Bertz CT molecular complexity index is 730. The molecule has 1 aliphatic carbocycles. The van der Waals surface area contributed by atoms with Gasteiger partial charge in [-0.05, 0) is 48.4 Å². The highest BCUT2D eigenvalue weighted by Gasteiger charge is 2.47. The van der Waals surface area contributed by atoms with Crippen LogP contribution in [0, 0.1) is 5.92 Å². The summed E-state index contributed by atoms with van der Waals surface area (Å²) in [5.74, 6) is 1.04. The number of fused-ring (bicyclic) bond motifs is 1. The van der Waals surface area contributed by atoms with E-state index in [-0.39, 0.29) is 17.8 Å². The van der Waals surface area contributed by atoms with Crippen molar-refractivity contribution in [3.63, 3.8) is 0 Å². The Morgan fingerprint density at radius 2 is 1.88 bits per heavy atom. The second kappa shape index (κ2) is 7.63. The van der Waals surface area contributed by atoms with Crippen molar-refractivity contribution in [3.8, 4) is 5.75 Å². The molecule has 1 aliphatic heterocycles. The van der Waals surface area contributed by atoms with Gasteiger partial charge in [0.25, 0.3) is 0 Å². The third kappa shape index (κ3) is 3.61. The zero-order valence-electron chi connectivity index (χ0n) is 14.5. The summed E-state index contributed by atoms with van der Waals surface area (Å²) in [6, 6.07) is 18.7. The monoisotopic (exact) mass is 355 g/mol. The highest BCUT2D eigenvalue weighted by molar-refractivity contribution is 5.85. The van der Waals surface area contributed by atoms with E-state index in [9.17, 15) is 5.11 Å². The molecule has 2 aliphatic rings. The van der Waals surface area contributed by atoms with E-state index in [1.165, 1.54) is 11.1 Å². The van der Waals surface area contributed by atoms with Crippen molar-refractivity contribution in [2.24, 2.45) is 5.92 Å². The molecule has 2 aromatic carbocycles. The predicted molar refractivity (Wildman–Crippen MR) is 105 cm³/mol. The SMILES string of the molecule is Cl.Oc1cccc(C23CC=CCC2CN(CCc2ccccc2)C3)c1. The van der Waals surface area contributed by atoms with Gasteiger partial charge in [-0.25, -0.2) is 0 Å². The fourth-order valence-corrected chi connectivity index (χ4v) is 4.53. The molecule has 1 N–H and O–H groups in total. The van der Waals surface area contributed by atoms with Gasteiger partial charge in [0.05, 0.1) is 0 Å². The first kappa shape index (κ1) is 18.0. The normalized spacial score (nSPS) is 25.4. The van der Waals surface area contributed by atoms with Crippen molar-refractivity contribution in [3.05, 3.63) is 77.9 Å². The van der Waals surface area contributed by atoms with Crippen molar-refractivity contribution >= 4 is 12.4 Å². The molecular weight excluding hydrogens is 330 g/mol. The zero-order chi connectivity index (χ0) is 16.4. The van der Waals surface area contributed by atoms with Gasteiger partial charge >= 0.3 is 0 Å². The lowest BCUT2D eigenvalue weighted by atomic mass is 9.67. The first-order chi connectivity index (χ1) is 11.8. The van der Waals surface area contributed by atoms with Crippen LogP contribution in [0.15, 0.2) is 66.7 Å². The molecule has 0 spiro atoms. The van der Waals surface area contributed by atoms with Gasteiger partial charge in [0.1, 0.15) is 5.75 Å². The summed E-state index contributed by atoms with van der Waals surface area (Å²) >= 11 is 0. The average Bonchev–Trinajstić information content (AvgIpc) is 3.01. The molecule has 2 unspecified atom stereocenters. The summed E-state index contributed by atoms with van der Waals surface area (Å²) in [7, 11) is 0. The van der Waals surface area contributed by atoms with Gasteiger partial charge in [-0.1, -0.05) is 54.6 Å². The number of hydrogen-bond acceptors (Lipinski definition) is 2. The molecule has 0 aromatic heterocycles. The minimum atomic E-state index is 0. The molecule has 3 heteroatoms. The number of benzene rings is 2. The maximum atomic E-state index is 9.95. The van der Waals surface area contributed by atoms with E-state index in [1.807, 2.05) is 12.1 Å². The zero-order valence-corrected chi connectivity index (χ0v) is 15.3. The van der Waals surface area contributed by atoms with Gasteiger partial charge in [0.2, 0.25) is 0 Å². The highest BCUT2D eigenvalue weighted by atomic mass is 35.5. The molecule has 2 atom stereocenters. The first-order valence-electron chi connectivity index (χ1n) is 8.97. The van der Waals surface area contributed by atoms with Gasteiger partial charge < -0.3 is 10.0 Å². The maximum Gasteiger partial charge on any atom is 0.115 e. The molecular formula is C22H26ClNO. The maximum absolute atomic E-state index is 9.95. The molecule has 2 nitrogen and oxygen atoms in total. The Morgan fingerprint density at radius 1 is 1.04 bits per heavy atom. The number of allylic oxidation sites excluding steroid dienone is 2. The summed E-state index contributed by atoms with van der Waals surface area (Å²) in [4.78, 5) is 2.62. The van der Waals surface area contributed by atoms with Gasteiger partial charge in [-0.2, -0.15) is 0 Å². The Balaban J connectivity index is 0.00000182. The van der Waals surface area contributed by atoms with Crippen LogP contribution in [0.4, 0.5) is 0 Å². The molecule has 0 radical (unpaired) electrons. The van der Waals surface area contributed by atoms with Gasteiger partial charge in [-0.3, -0.25) is 0 Å². The lowest BCUT2D eigenvalue weighted by Crippen LogP contribution is -2.36. The van der Waals surface area contributed by atoms with Crippen LogP contribution in [0.5, 0.6) is 5.75 Å². The van der Waals surface area contributed by atoms with E-state index >= 15 is 0 Å². The molecule has 25 heavy (non-hydrogen) atoms. The van der Waals surface area contributed by atoms with Crippen molar-refractivity contribution < 1.29 is 5.11 Å². The molecule has 1 fully saturated rings. The molecule has 1 saturated heterocycles. The minimum Gasteiger partial charge on any atom is -0.508 e. The second-order valence-electron chi connectivity index (χ2n) is 7.29. The lowest BCUT2D eigenvalue weighted by Gasteiger charge is -2.37. The van der Waals surface area contributed by atoms with E-state index in [2.05, 4.69) is 53.5 Å². The fraction of sp³-hybridized carbons (Fsp3) is 0.364. The van der Waals surface area contributed by atoms with E-state index in [4.69, 9.17) is 0 Å². The smallest absolute Gasteiger partial charge is 0.115 e. The number of rotatable bonds is 4. The molecule has 0 saturated carbocycles. The number of likely N-dealkylation sites (tertiary alicyclic amines) is 1. The summed E-state index contributed by atoms with van der Waals surface area (Å²) in [6.07, 6.45) is 8.02. The van der Waals surface area contributed by atoms with Crippen LogP contribution < -0.4 is 0 Å². The van der Waals surface area contributed by atoms with E-state index in [0.717, 1.165) is 38.9 Å². The van der Waals surface area contributed by atoms with Crippen molar-refractivity contribution in [2.45, 2.75) is 24.7 Å². The molecule has 0 amide bonds. The largest absolute Gasteiger partial charge is 0.508 e. The fourth-order valence-electron chi connectivity index (χ4n) is 4.53. The van der Waals surface area contributed by atoms with Crippen molar-refractivity contribution in [1.82, 2.24) is 4.90 Å². The number of nitrogens with zero attached hydrogens (tertiary/aromatic N) is 1. The first-order valence-corrected chi connectivity index (χ1v) is 8.97. The van der Waals surface area contributed by atoms with Crippen LogP contribution in [-0.4, -0.2) is 29.6 Å². The number of aromatic hydroxyl groups is 1. The van der Waals surface area contributed by atoms with E-state index in [1.54, 1.807) is 6.07 Å². The van der Waals surface area contributed by atoms with Crippen LogP contribution in [0.2, 0.25) is 0 Å². The molecule has 0 bridgehead atoms. The standard InChI is InChI=1S/C22H25NO.ClH/c24-21-11-6-10-19(15-21)22-13-5-4-9-20(22)16-23(17-22)14-12-18-7-2-1-3-8-18;/h1-8,10-11,15,20,24H,9,12-14,16-17H2;1H.